The predicted molar refractivity (Wildman–Crippen MR) is 96.9 cm³/mol. The average Bonchev–Trinajstić information content (AvgIpc) is 2.50. The van der Waals surface area contributed by atoms with E-state index in [1.807, 2.05) is 0 Å². The van der Waals surface area contributed by atoms with Gasteiger partial charge in [0.2, 0.25) is 0 Å². The molecule has 22 heavy (non-hydrogen) atoms. The molecule has 0 radical (unpaired) electrons. The van der Waals surface area contributed by atoms with Gasteiger partial charge in [0.1, 0.15) is 6.10 Å². The lowest BCUT2D eigenvalue weighted by atomic mass is 10.0. The number of hydrogen-bond acceptors (Lipinski definition) is 3. The summed E-state index contributed by atoms with van der Waals surface area (Å²) in [4.78, 5) is 11.7. The molecule has 0 aromatic heterocycles. The summed E-state index contributed by atoms with van der Waals surface area (Å²) in [5.41, 5.74) is 0.525. The molecule has 0 amide bonds. The molecule has 1 atom stereocenters. The van der Waals surface area contributed by atoms with Crippen LogP contribution in [0.4, 0.5) is 0 Å². The van der Waals surface area contributed by atoms with Crippen LogP contribution in [0.3, 0.4) is 0 Å². The number of unbranched alkanes of at least 4 members (excludes halogenated alkanes) is 2. The maximum Gasteiger partial charge on any atom is 0.333 e. The van der Waals surface area contributed by atoms with Crippen LogP contribution < -0.4 is 0 Å². The topological polar surface area (TPSA) is 35.5 Å². The number of carbonyl (C=O) groups is 1. The Morgan fingerprint density at radius 3 is 2.32 bits per heavy atom. The smallest absolute Gasteiger partial charge is 0.333 e. The average molecular weight is 329 g/mol. The lowest BCUT2D eigenvalue weighted by molar-refractivity contribution is -0.144. The SMILES string of the molecule is C=C(C)C(=O)OC(CCCCC)CC[SiH2]OC(C)(CC)CC. The van der Waals surface area contributed by atoms with Crippen molar-refractivity contribution in [1.29, 1.82) is 0 Å². The van der Waals surface area contributed by atoms with E-state index in [-0.39, 0.29) is 17.7 Å². The van der Waals surface area contributed by atoms with E-state index in [2.05, 4.69) is 34.3 Å². The standard InChI is InChI=1S/C18H36O3Si/c1-7-10-11-12-16(20-17(19)15(4)5)13-14-22-21-18(6,8-2)9-3/h16H,4,7-14,22H2,1-3,5-6H3. The van der Waals surface area contributed by atoms with Crippen molar-refractivity contribution in [3.63, 3.8) is 0 Å². The third-order valence-corrected chi connectivity index (χ3v) is 5.97. The van der Waals surface area contributed by atoms with E-state index in [0.717, 1.165) is 38.1 Å². The summed E-state index contributed by atoms with van der Waals surface area (Å²) in [5, 5.41) is 0. The molecule has 1 unspecified atom stereocenters. The van der Waals surface area contributed by atoms with Crippen LogP contribution in [0.5, 0.6) is 0 Å². The predicted octanol–water partition coefficient (Wildman–Crippen LogP) is 4.54. The Morgan fingerprint density at radius 2 is 1.82 bits per heavy atom. The van der Waals surface area contributed by atoms with Crippen LogP contribution in [-0.2, 0) is 14.0 Å². The highest BCUT2D eigenvalue weighted by molar-refractivity contribution is 6.27. The van der Waals surface area contributed by atoms with Gasteiger partial charge >= 0.3 is 5.97 Å². The van der Waals surface area contributed by atoms with Gasteiger partial charge in [-0.2, -0.15) is 0 Å². The van der Waals surface area contributed by atoms with Crippen molar-refractivity contribution in [2.45, 2.75) is 97.3 Å². The van der Waals surface area contributed by atoms with Gasteiger partial charge in [0.25, 0.3) is 0 Å². The number of rotatable bonds is 13. The summed E-state index contributed by atoms with van der Waals surface area (Å²) in [5.74, 6) is -0.254. The van der Waals surface area contributed by atoms with Crippen molar-refractivity contribution in [2.75, 3.05) is 0 Å². The second-order valence-corrected chi connectivity index (χ2v) is 7.86. The Balaban J connectivity index is 4.21. The molecule has 0 aliphatic heterocycles. The minimum absolute atomic E-state index is 0.0290. The zero-order valence-electron chi connectivity index (χ0n) is 15.4. The lowest BCUT2D eigenvalue weighted by Crippen LogP contribution is -2.29. The van der Waals surface area contributed by atoms with Crippen molar-refractivity contribution >= 4 is 15.7 Å². The van der Waals surface area contributed by atoms with Crippen LogP contribution >= 0.6 is 0 Å². The molecule has 3 nitrogen and oxygen atoms in total. The van der Waals surface area contributed by atoms with Crippen molar-refractivity contribution in [2.24, 2.45) is 0 Å². The first-order chi connectivity index (χ1) is 10.4. The molecule has 0 N–H and O–H groups in total. The fourth-order valence-electron chi connectivity index (χ4n) is 2.22. The highest BCUT2D eigenvalue weighted by Crippen LogP contribution is 2.20. The van der Waals surface area contributed by atoms with Crippen LogP contribution in [0.15, 0.2) is 12.2 Å². The molecule has 0 aliphatic carbocycles. The van der Waals surface area contributed by atoms with Gasteiger partial charge in [-0.3, -0.25) is 0 Å². The Bertz CT molecular complexity index is 324. The van der Waals surface area contributed by atoms with Gasteiger partial charge < -0.3 is 9.16 Å². The normalized spacial score (nSPS) is 13.5. The maximum atomic E-state index is 11.7. The van der Waals surface area contributed by atoms with Crippen LogP contribution in [-0.4, -0.2) is 27.4 Å². The highest BCUT2D eigenvalue weighted by atomic mass is 28.2. The van der Waals surface area contributed by atoms with E-state index in [4.69, 9.17) is 9.16 Å². The van der Waals surface area contributed by atoms with Gasteiger partial charge in [0.05, 0.1) is 5.60 Å². The first-order valence-corrected chi connectivity index (χ1v) is 10.5. The van der Waals surface area contributed by atoms with Crippen molar-refractivity contribution in [3.05, 3.63) is 12.2 Å². The first-order valence-electron chi connectivity index (χ1n) is 8.89. The summed E-state index contributed by atoms with van der Waals surface area (Å²) in [6.45, 7) is 14.1. The number of carbonyl (C=O) groups excluding carboxylic acids is 1. The lowest BCUT2D eigenvalue weighted by Gasteiger charge is -2.28. The Hall–Kier alpha value is -0.613. The van der Waals surface area contributed by atoms with Crippen LogP contribution in [0.25, 0.3) is 0 Å². The molecule has 0 aliphatic rings. The molecule has 0 rings (SSSR count). The molecule has 0 spiro atoms. The van der Waals surface area contributed by atoms with E-state index >= 15 is 0 Å². The van der Waals surface area contributed by atoms with Crippen LogP contribution in [0, 0.1) is 0 Å². The fourth-order valence-corrected chi connectivity index (χ4v) is 3.89. The van der Waals surface area contributed by atoms with Gasteiger partial charge in [0.15, 0.2) is 9.76 Å². The third-order valence-electron chi connectivity index (χ3n) is 4.37. The molecular weight excluding hydrogens is 292 g/mol. The van der Waals surface area contributed by atoms with Crippen molar-refractivity contribution in [1.82, 2.24) is 0 Å². The molecule has 0 saturated heterocycles. The zero-order valence-corrected chi connectivity index (χ0v) is 16.8. The molecule has 130 valence electrons. The van der Waals surface area contributed by atoms with E-state index in [9.17, 15) is 4.79 Å². The zero-order chi connectivity index (χ0) is 17.0. The molecule has 0 saturated carbocycles. The summed E-state index contributed by atoms with van der Waals surface area (Å²) >= 11 is 0. The highest BCUT2D eigenvalue weighted by Gasteiger charge is 2.20. The van der Waals surface area contributed by atoms with E-state index in [1.165, 1.54) is 12.8 Å². The summed E-state index contributed by atoms with van der Waals surface area (Å²) in [6, 6.07) is 1.07. The Morgan fingerprint density at radius 1 is 1.18 bits per heavy atom. The van der Waals surface area contributed by atoms with Crippen LogP contribution in [0.1, 0.15) is 79.6 Å². The second kappa shape index (κ2) is 11.9. The number of ether oxygens (including phenoxy) is 1. The summed E-state index contributed by atoms with van der Waals surface area (Å²) < 4.78 is 11.7. The van der Waals surface area contributed by atoms with E-state index in [1.54, 1.807) is 6.92 Å². The molecule has 0 aromatic rings. The quantitative estimate of drug-likeness (QED) is 0.215. The number of hydrogen-bond donors (Lipinski definition) is 0. The second-order valence-electron chi connectivity index (χ2n) is 6.45. The molecule has 0 fully saturated rings. The van der Waals surface area contributed by atoms with E-state index in [0.29, 0.717) is 5.57 Å². The molecule has 0 heterocycles. The first kappa shape index (κ1) is 21.4. The summed E-state index contributed by atoms with van der Waals surface area (Å²) in [7, 11) is -0.553. The largest absolute Gasteiger partial charge is 0.459 e. The van der Waals surface area contributed by atoms with Crippen molar-refractivity contribution < 1.29 is 14.0 Å². The molecule has 0 bridgehead atoms. The monoisotopic (exact) mass is 328 g/mol. The molecule has 0 aromatic carbocycles. The van der Waals surface area contributed by atoms with Gasteiger partial charge in [0, 0.05) is 5.57 Å². The number of esters is 1. The minimum atomic E-state index is -0.553. The minimum Gasteiger partial charge on any atom is -0.459 e. The van der Waals surface area contributed by atoms with Gasteiger partial charge in [-0.15, -0.1) is 0 Å². The van der Waals surface area contributed by atoms with Gasteiger partial charge in [-0.25, -0.2) is 4.79 Å². The Kier molecular flexibility index (Phi) is 11.6. The van der Waals surface area contributed by atoms with Crippen molar-refractivity contribution in [3.8, 4) is 0 Å². The van der Waals surface area contributed by atoms with E-state index < -0.39 is 9.76 Å². The van der Waals surface area contributed by atoms with Gasteiger partial charge in [-0.1, -0.05) is 40.2 Å². The Labute approximate surface area is 139 Å². The fraction of sp³-hybridized carbons (Fsp3) is 0.833. The summed E-state index contributed by atoms with van der Waals surface area (Å²) in [6.07, 6.45) is 7.53. The molecule has 4 heteroatoms. The van der Waals surface area contributed by atoms with Gasteiger partial charge in [-0.05, 0) is 52.0 Å². The molecular formula is C18H36O3Si. The van der Waals surface area contributed by atoms with Crippen LogP contribution in [0.2, 0.25) is 6.04 Å². The third kappa shape index (κ3) is 9.41. The maximum absolute atomic E-state index is 11.7.